The zero-order chi connectivity index (χ0) is 31.2. The van der Waals surface area contributed by atoms with Crippen LogP contribution in [0.3, 0.4) is 0 Å². The predicted molar refractivity (Wildman–Crippen MR) is 169 cm³/mol. The second-order valence-electron chi connectivity index (χ2n) is 11.4. The normalized spacial score (nSPS) is 13.5. The molecule has 3 N–H and O–H groups in total. The van der Waals surface area contributed by atoms with Crippen LogP contribution >= 0.6 is 7.82 Å². The second-order valence-corrected chi connectivity index (χ2v) is 12.9. The maximum absolute atomic E-state index is 12.3. The molecular weight excluding hydrogens is 557 g/mol. The Balaban J connectivity index is 4.12. The summed E-state index contributed by atoms with van der Waals surface area (Å²) < 4.78 is 32.4. The maximum Gasteiger partial charge on any atom is 0.472 e. The largest absolute Gasteiger partial charge is 0.472 e. The molecule has 0 rings (SSSR count). The number of nitrogens with two attached hydrogens (primary N) is 1. The summed E-state index contributed by atoms with van der Waals surface area (Å²) >= 11 is 0. The average molecular weight is 622 g/mol. The number of phosphoric ester groups is 1. The quantitative estimate of drug-likeness (QED) is 0.0430. The first kappa shape index (κ1) is 41.0. The standard InChI is InChI=1S/C32H64NO8P/c1-3-5-7-9-11-12-13-14-15-16-17-18-19-21-22-24-31(34)38-28-30(29-40-42(36,37)39-27-26-33)41-32(35)25-23-20-10-8-6-4-2/h30H,3-29,33H2,1-2H3,(H,36,37)/t30-/m1/s1. The molecule has 0 saturated heterocycles. The SMILES string of the molecule is CCCCCCCCCCCCCCCCCC(=O)OC[C@H](COP(=O)(O)OCCN)OC(=O)CCCCCCCC. The van der Waals surface area contributed by atoms with Crippen LogP contribution in [0.4, 0.5) is 0 Å². The van der Waals surface area contributed by atoms with Crippen molar-refractivity contribution < 1.29 is 37.6 Å². The molecule has 0 aliphatic carbocycles. The molecule has 0 amide bonds. The van der Waals surface area contributed by atoms with Crippen molar-refractivity contribution in [2.45, 2.75) is 168 Å². The fourth-order valence-electron chi connectivity index (χ4n) is 4.69. The summed E-state index contributed by atoms with van der Waals surface area (Å²) in [5.41, 5.74) is 5.30. The highest BCUT2D eigenvalue weighted by Crippen LogP contribution is 2.43. The lowest BCUT2D eigenvalue weighted by molar-refractivity contribution is -0.161. The first-order chi connectivity index (χ1) is 20.3. The predicted octanol–water partition coefficient (Wildman–Crippen LogP) is 8.55. The van der Waals surface area contributed by atoms with E-state index in [4.69, 9.17) is 24.3 Å². The lowest BCUT2D eigenvalue weighted by Gasteiger charge is -2.19. The topological polar surface area (TPSA) is 134 Å². The molecule has 0 saturated carbocycles. The van der Waals surface area contributed by atoms with Gasteiger partial charge >= 0.3 is 19.8 Å². The summed E-state index contributed by atoms with van der Waals surface area (Å²) in [6.45, 7) is 3.65. The summed E-state index contributed by atoms with van der Waals surface area (Å²) in [7, 11) is -4.35. The molecule has 2 atom stereocenters. The third-order valence-electron chi connectivity index (χ3n) is 7.24. The van der Waals surface area contributed by atoms with Crippen LogP contribution < -0.4 is 5.73 Å². The van der Waals surface area contributed by atoms with Gasteiger partial charge in [-0.05, 0) is 12.8 Å². The van der Waals surface area contributed by atoms with Gasteiger partial charge in [0.15, 0.2) is 6.10 Å². The Bertz CT molecular complexity index is 679. The number of unbranched alkanes of at least 4 members (excludes halogenated alkanes) is 19. The summed E-state index contributed by atoms with van der Waals surface area (Å²) in [6, 6.07) is 0. The van der Waals surface area contributed by atoms with Gasteiger partial charge in [-0.3, -0.25) is 18.6 Å². The molecule has 9 nitrogen and oxygen atoms in total. The van der Waals surface area contributed by atoms with Crippen molar-refractivity contribution >= 4 is 19.8 Å². The number of rotatable bonds is 32. The van der Waals surface area contributed by atoms with Gasteiger partial charge in [-0.2, -0.15) is 0 Å². The molecule has 0 bridgehead atoms. The average Bonchev–Trinajstić information content (AvgIpc) is 2.97. The molecule has 0 spiro atoms. The van der Waals surface area contributed by atoms with Crippen LogP contribution in [0.1, 0.15) is 162 Å². The molecule has 0 aliphatic rings. The molecule has 250 valence electrons. The van der Waals surface area contributed by atoms with Gasteiger partial charge in [0, 0.05) is 19.4 Å². The van der Waals surface area contributed by atoms with Crippen molar-refractivity contribution in [2.24, 2.45) is 5.73 Å². The summed E-state index contributed by atoms with van der Waals surface area (Å²) in [5, 5.41) is 0. The molecular formula is C32H64NO8P. The van der Waals surface area contributed by atoms with E-state index in [-0.39, 0.29) is 38.6 Å². The van der Waals surface area contributed by atoms with Gasteiger partial charge in [0.2, 0.25) is 0 Å². The minimum atomic E-state index is -4.35. The molecule has 0 heterocycles. The first-order valence-corrected chi connectivity index (χ1v) is 18.5. The van der Waals surface area contributed by atoms with Gasteiger partial charge in [-0.25, -0.2) is 4.57 Å². The van der Waals surface area contributed by atoms with E-state index in [0.29, 0.717) is 6.42 Å². The minimum Gasteiger partial charge on any atom is -0.462 e. The summed E-state index contributed by atoms with van der Waals surface area (Å²) in [6.07, 6.45) is 24.5. The molecule has 0 aromatic carbocycles. The van der Waals surface area contributed by atoms with E-state index in [1.165, 1.54) is 83.5 Å². The van der Waals surface area contributed by atoms with E-state index in [1.807, 2.05) is 0 Å². The number of carbonyl (C=O) groups is 2. The molecule has 0 aromatic heterocycles. The van der Waals surface area contributed by atoms with Crippen molar-refractivity contribution in [1.29, 1.82) is 0 Å². The Labute approximate surface area is 257 Å². The monoisotopic (exact) mass is 621 g/mol. The van der Waals surface area contributed by atoms with Gasteiger partial charge < -0.3 is 20.1 Å². The van der Waals surface area contributed by atoms with Gasteiger partial charge in [0.05, 0.1) is 13.2 Å². The summed E-state index contributed by atoms with van der Waals surface area (Å²) in [5.74, 6) is -0.832. The number of hydrogen-bond donors (Lipinski definition) is 2. The van der Waals surface area contributed by atoms with Crippen molar-refractivity contribution in [2.75, 3.05) is 26.4 Å². The first-order valence-electron chi connectivity index (χ1n) is 17.0. The fourth-order valence-corrected chi connectivity index (χ4v) is 5.46. The Morgan fingerprint density at radius 3 is 1.45 bits per heavy atom. The van der Waals surface area contributed by atoms with Crippen LogP contribution in [0, 0.1) is 0 Å². The van der Waals surface area contributed by atoms with Crippen LogP contribution in [-0.4, -0.2) is 49.3 Å². The van der Waals surface area contributed by atoms with Crippen LogP contribution in [0.15, 0.2) is 0 Å². The number of ether oxygens (including phenoxy) is 2. The Hall–Kier alpha value is -0.990. The molecule has 1 unspecified atom stereocenters. The highest BCUT2D eigenvalue weighted by Gasteiger charge is 2.25. The van der Waals surface area contributed by atoms with E-state index in [2.05, 4.69) is 13.8 Å². The van der Waals surface area contributed by atoms with E-state index in [1.54, 1.807) is 0 Å². The molecule has 42 heavy (non-hydrogen) atoms. The van der Waals surface area contributed by atoms with Crippen LogP contribution in [-0.2, 0) is 32.7 Å². The molecule has 0 radical (unpaired) electrons. The highest BCUT2D eigenvalue weighted by atomic mass is 31.2. The lowest BCUT2D eigenvalue weighted by atomic mass is 10.0. The zero-order valence-corrected chi connectivity index (χ0v) is 27.9. The minimum absolute atomic E-state index is 0.0570. The smallest absolute Gasteiger partial charge is 0.462 e. The van der Waals surface area contributed by atoms with Crippen molar-refractivity contribution in [3.63, 3.8) is 0 Å². The van der Waals surface area contributed by atoms with Crippen LogP contribution in [0.2, 0.25) is 0 Å². The van der Waals surface area contributed by atoms with Gasteiger partial charge in [0.25, 0.3) is 0 Å². The third-order valence-corrected chi connectivity index (χ3v) is 8.23. The zero-order valence-electron chi connectivity index (χ0n) is 27.0. The van der Waals surface area contributed by atoms with E-state index < -0.39 is 26.5 Å². The third kappa shape index (κ3) is 29.1. The van der Waals surface area contributed by atoms with E-state index in [0.717, 1.165) is 44.9 Å². The van der Waals surface area contributed by atoms with E-state index in [9.17, 15) is 19.0 Å². The number of esters is 2. The van der Waals surface area contributed by atoms with E-state index >= 15 is 0 Å². The Kier molecular flexibility index (Phi) is 29.3. The van der Waals surface area contributed by atoms with Crippen molar-refractivity contribution in [3.8, 4) is 0 Å². The number of carbonyl (C=O) groups excluding carboxylic acids is 2. The van der Waals surface area contributed by atoms with Gasteiger partial charge in [-0.15, -0.1) is 0 Å². The highest BCUT2D eigenvalue weighted by molar-refractivity contribution is 7.47. The Morgan fingerprint density at radius 2 is 1.02 bits per heavy atom. The Morgan fingerprint density at radius 1 is 0.619 bits per heavy atom. The number of phosphoric acid groups is 1. The summed E-state index contributed by atoms with van der Waals surface area (Å²) in [4.78, 5) is 34.3. The van der Waals surface area contributed by atoms with Crippen LogP contribution in [0.5, 0.6) is 0 Å². The molecule has 0 aromatic rings. The van der Waals surface area contributed by atoms with Crippen molar-refractivity contribution in [1.82, 2.24) is 0 Å². The molecule has 0 fully saturated rings. The van der Waals surface area contributed by atoms with Crippen molar-refractivity contribution in [3.05, 3.63) is 0 Å². The van der Waals surface area contributed by atoms with Crippen LogP contribution in [0.25, 0.3) is 0 Å². The van der Waals surface area contributed by atoms with Gasteiger partial charge in [0.1, 0.15) is 6.61 Å². The fraction of sp³-hybridized carbons (Fsp3) is 0.938. The van der Waals surface area contributed by atoms with Gasteiger partial charge in [-0.1, -0.05) is 136 Å². The molecule has 10 heteroatoms. The lowest BCUT2D eigenvalue weighted by Crippen LogP contribution is -2.29. The second kappa shape index (κ2) is 30.1. The maximum atomic E-state index is 12.3. The number of hydrogen-bond acceptors (Lipinski definition) is 8. The molecule has 0 aliphatic heterocycles.